The summed E-state index contributed by atoms with van der Waals surface area (Å²) in [6.07, 6.45) is 0.444. The molecule has 1 aromatic heterocycles. The van der Waals surface area contributed by atoms with Gasteiger partial charge in [0, 0.05) is 17.7 Å². The Morgan fingerprint density at radius 3 is 2.86 bits per heavy atom. The average molecular weight is 317 g/mol. The normalized spacial score (nSPS) is 10.8. The molecule has 0 saturated carbocycles. The number of fused-ring (bicyclic) bond motifs is 1. The van der Waals surface area contributed by atoms with Gasteiger partial charge in [-0.15, -0.1) is 11.3 Å². The van der Waals surface area contributed by atoms with Gasteiger partial charge in [0.15, 0.2) is 0 Å². The van der Waals surface area contributed by atoms with E-state index in [0.29, 0.717) is 11.4 Å². The highest BCUT2D eigenvalue weighted by Crippen LogP contribution is 2.35. The number of thiazole rings is 1. The Morgan fingerprint density at radius 1 is 1.29 bits per heavy atom. The zero-order valence-electron chi connectivity index (χ0n) is 11.4. The molecule has 0 fully saturated rings. The van der Waals surface area contributed by atoms with E-state index in [9.17, 15) is 4.79 Å². The number of para-hydroxylation sites is 1. The van der Waals surface area contributed by atoms with Crippen LogP contribution in [0, 0.1) is 0 Å². The summed E-state index contributed by atoms with van der Waals surface area (Å²) in [5, 5.41) is 4.33. The SMILES string of the molecule is CCC(=O)Nc1ccc(Cl)c(-c2nc3ccccc3s2)c1. The molecule has 0 unspecified atom stereocenters. The van der Waals surface area contributed by atoms with Gasteiger partial charge in [-0.1, -0.05) is 30.7 Å². The second kappa shape index (κ2) is 5.84. The van der Waals surface area contributed by atoms with Crippen molar-refractivity contribution in [1.29, 1.82) is 0 Å². The first-order valence-corrected chi connectivity index (χ1v) is 7.82. The maximum Gasteiger partial charge on any atom is 0.224 e. The van der Waals surface area contributed by atoms with E-state index in [4.69, 9.17) is 11.6 Å². The standard InChI is InChI=1S/C16H13ClN2OS/c1-2-15(20)18-10-7-8-12(17)11(9-10)16-19-13-5-3-4-6-14(13)21-16/h3-9H,2H2,1H3,(H,18,20). The van der Waals surface area contributed by atoms with Crippen LogP contribution in [0.5, 0.6) is 0 Å². The Balaban J connectivity index is 2.04. The summed E-state index contributed by atoms with van der Waals surface area (Å²) in [5.41, 5.74) is 2.53. The molecule has 0 radical (unpaired) electrons. The van der Waals surface area contributed by atoms with Crippen molar-refractivity contribution in [2.75, 3.05) is 5.32 Å². The maximum absolute atomic E-state index is 11.5. The molecule has 0 spiro atoms. The molecule has 0 aliphatic carbocycles. The first-order valence-electron chi connectivity index (χ1n) is 6.62. The lowest BCUT2D eigenvalue weighted by molar-refractivity contribution is -0.115. The molecule has 1 amide bonds. The summed E-state index contributed by atoms with van der Waals surface area (Å²) < 4.78 is 1.12. The summed E-state index contributed by atoms with van der Waals surface area (Å²) >= 11 is 7.87. The van der Waals surface area contributed by atoms with Gasteiger partial charge in [0.2, 0.25) is 5.91 Å². The van der Waals surface area contributed by atoms with E-state index >= 15 is 0 Å². The molecular weight excluding hydrogens is 304 g/mol. The number of anilines is 1. The highest BCUT2D eigenvalue weighted by molar-refractivity contribution is 7.21. The third-order valence-electron chi connectivity index (χ3n) is 3.10. The lowest BCUT2D eigenvalue weighted by Gasteiger charge is -2.06. The Bertz CT molecular complexity index is 780. The number of halogens is 1. The molecule has 21 heavy (non-hydrogen) atoms. The van der Waals surface area contributed by atoms with Gasteiger partial charge < -0.3 is 5.32 Å². The fourth-order valence-electron chi connectivity index (χ4n) is 2.00. The predicted octanol–water partition coefficient (Wildman–Crippen LogP) is 4.97. The summed E-state index contributed by atoms with van der Waals surface area (Å²) in [6, 6.07) is 13.4. The van der Waals surface area contributed by atoms with Crippen molar-refractivity contribution >= 4 is 44.7 Å². The Labute approximate surface area is 131 Å². The molecule has 0 bridgehead atoms. The van der Waals surface area contributed by atoms with Gasteiger partial charge in [-0.05, 0) is 30.3 Å². The van der Waals surface area contributed by atoms with Gasteiger partial charge in [0.1, 0.15) is 5.01 Å². The number of rotatable bonds is 3. The van der Waals surface area contributed by atoms with Gasteiger partial charge in [-0.25, -0.2) is 4.98 Å². The van der Waals surface area contributed by atoms with Crippen molar-refractivity contribution in [3.05, 3.63) is 47.5 Å². The summed E-state index contributed by atoms with van der Waals surface area (Å²) in [5.74, 6) is -0.0208. The minimum absolute atomic E-state index is 0.0208. The van der Waals surface area contributed by atoms with Crippen LogP contribution in [0.2, 0.25) is 5.02 Å². The Hall–Kier alpha value is -1.91. The molecule has 3 nitrogen and oxygen atoms in total. The van der Waals surface area contributed by atoms with Crippen molar-refractivity contribution in [3.8, 4) is 10.6 Å². The van der Waals surface area contributed by atoms with Crippen LogP contribution in [0.1, 0.15) is 13.3 Å². The Morgan fingerprint density at radius 2 is 2.10 bits per heavy atom. The van der Waals surface area contributed by atoms with Gasteiger partial charge in [-0.3, -0.25) is 4.79 Å². The summed E-state index contributed by atoms with van der Waals surface area (Å²) in [6.45, 7) is 1.82. The highest BCUT2D eigenvalue weighted by Gasteiger charge is 2.11. The molecule has 0 saturated heterocycles. The second-order valence-electron chi connectivity index (χ2n) is 4.58. The number of nitrogens with one attached hydrogen (secondary N) is 1. The van der Waals surface area contributed by atoms with Crippen LogP contribution in [0.4, 0.5) is 5.69 Å². The van der Waals surface area contributed by atoms with Crippen LogP contribution in [-0.2, 0) is 4.79 Å². The molecule has 1 N–H and O–H groups in total. The first-order chi connectivity index (χ1) is 10.2. The predicted molar refractivity (Wildman–Crippen MR) is 89.0 cm³/mol. The quantitative estimate of drug-likeness (QED) is 0.741. The fraction of sp³-hybridized carbons (Fsp3) is 0.125. The fourth-order valence-corrected chi connectivity index (χ4v) is 3.26. The number of carbonyl (C=O) groups excluding carboxylic acids is 1. The zero-order chi connectivity index (χ0) is 14.8. The van der Waals surface area contributed by atoms with Crippen LogP contribution in [0.3, 0.4) is 0 Å². The maximum atomic E-state index is 11.5. The molecular formula is C16H13ClN2OS. The number of aromatic nitrogens is 1. The molecule has 5 heteroatoms. The summed E-state index contributed by atoms with van der Waals surface area (Å²) in [7, 11) is 0. The zero-order valence-corrected chi connectivity index (χ0v) is 13.0. The number of hydrogen-bond donors (Lipinski definition) is 1. The third kappa shape index (κ3) is 2.91. The number of nitrogens with zero attached hydrogens (tertiary/aromatic N) is 1. The van der Waals surface area contributed by atoms with Gasteiger partial charge in [-0.2, -0.15) is 0 Å². The second-order valence-corrected chi connectivity index (χ2v) is 6.02. The average Bonchev–Trinajstić information content (AvgIpc) is 2.92. The van der Waals surface area contributed by atoms with Gasteiger partial charge >= 0.3 is 0 Å². The number of carbonyl (C=O) groups is 1. The van der Waals surface area contributed by atoms with E-state index in [1.54, 1.807) is 23.5 Å². The molecule has 0 aliphatic heterocycles. The highest BCUT2D eigenvalue weighted by atomic mass is 35.5. The van der Waals surface area contributed by atoms with Crippen LogP contribution in [0.15, 0.2) is 42.5 Å². The third-order valence-corrected chi connectivity index (χ3v) is 4.49. The van der Waals surface area contributed by atoms with Crippen LogP contribution >= 0.6 is 22.9 Å². The molecule has 2 aromatic carbocycles. The first kappa shape index (κ1) is 14.0. The van der Waals surface area contributed by atoms with E-state index < -0.39 is 0 Å². The van der Waals surface area contributed by atoms with Crippen molar-refractivity contribution in [2.45, 2.75) is 13.3 Å². The van der Waals surface area contributed by atoms with Crippen LogP contribution in [-0.4, -0.2) is 10.9 Å². The van der Waals surface area contributed by atoms with E-state index in [1.807, 2.05) is 37.3 Å². The monoisotopic (exact) mass is 316 g/mol. The smallest absolute Gasteiger partial charge is 0.224 e. The van der Waals surface area contributed by atoms with E-state index in [1.165, 1.54) is 0 Å². The van der Waals surface area contributed by atoms with Crippen molar-refractivity contribution in [2.24, 2.45) is 0 Å². The number of benzene rings is 2. The van der Waals surface area contributed by atoms with Crippen molar-refractivity contribution in [3.63, 3.8) is 0 Å². The lowest BCUT2D eigenvalue weighted by atomic mass is 10.2. The van der Waals surface area contributed by atoms with Crippen LogP contribution < -0.4 is 5.32 Å². The molecule has 106 valence electrons. The molecule has 3 aromatic rings. The minimum atomic E-state index is -0.0208. The van der Waals surface area contributed by atoms with Crippen molar-refractivity contribution in [1.82, 2.24) is 4.98 Å². The van der Waals surface area contributed by atoms with Crippen LogP contribution in [0.25, 0.3) is 20.8 Å². The van der Waals surface area contributed by atoms with E-state index in [2.05, 4.69) is 10.3 Å². The van der Waals surface area contributed by atoms with Gasteiger partial charge in [0.25, 0.3) is 0 Å². The molecule has 0 atom stereocenters. The lowest BCUT2D eigenvalue weighted by Crippen LogP contribution is -2.09. The topological polar surface area (TPSA) is 42.0 Å². The Kier molecular flexibility index (Phi) is 3.90. The number of hydrogen-bond acceptors (Lipinski definition) is 3. The molecule has 0 aliphatic rings. The minimum Gasteiger partial charge on any atom is -0.326 e. The van der Waals surface area contributed by atoms with Gasteiger partial charge in [0.05, 0.1) is 15.2 Å². The van der Waals surface area contributed by atoms with E-state index in [-0.39, 0.29) is 5.91 Å². The largest absolute Gasteiger partial charge is 0.326 e. The van der Waals surface area contributed by atoms with E-state index in [0.717, 1.165) is 26.5 Å². The number of amides is 1. The van der Waals surface area contributed by atoms with Crippen molar-refractivity contribution < 1.29 is 4.79 Å². The summed E-state index contributed by atoms with van der Waals surface area (Å²) in [4.78, 5) is 16.1. The molecule has 1 heterocycles. The molecule has 3 rings (SSSR count).